The van der Waals surface area contributed by atoms with Crippen molar-refractivity contribution >= 4 is 0 Å². The normalized spacial score (nSPS) is 14.1. The van der Waals surface area contributed by atoms with E-state index in [0.29, 0.717) is 11.3 Å². The van der Waals surface area contributed by atoms with Crippen LogP contribution < -0.4 is 0 Å². The van der Waals surface area contributed by atoms with Crippen LogP contribution in [0.15, 0.2) is 30.3 Å². The first-order valence-corrected chi connectivity index (χ1v) is 6.52. The van der Waals surface area contributed by atoms with E-state index < -0.39 is 0 Å². The summed E-state index contributed by atoms with van der Waals surface area (Å²) in [5.74, 6) is 1.45. The molecule has 0 aliphatic heterocycles. The molecule has 90 valence electrons. The van der Waals surface area contributed by atoms with Gasteiger partial charge in [0.25, 0.3) is 0 Å². The summed E-state index contributed by atoms with van der Waals surface area (Å²) in [4.78, 5) is 0. The molecule has 0 N–H and O–H groups in total. The summed E-state index contributed by atoms with van der Waals surface area (Å²) in [6, 6.07) is 10.9. The fourth-order valence-electron chi connectivity index (χ4n) is 2.09. The molecule has 16 heavy (non-hydrogen) atoms. The smallest absolute Gasteiger partial charge is 0.0159 e. The van der Waals surface area contributed by atoms with E-state index in [0.717, 1.165) is 5.92 Å². The van der Waals surface area contributed by atoms with Gasteiger partial charge in [0, 0.05) is 0 Å². The van der Waals surface area contributed by atoms with Crippen molar-refractivity contribution in [1.29, 1.82) is 0 Å². The SMILES string of the molecule is CCC(CC(C)(C)C(C)C)c1ccccc1. The maximum Gasteiger partial charge on any atom is -0.0159 e. The summed E-state index contributed by atoms with van der Waals surface area (Å²) in [6.45, 7) is 11.7. The summed E-state index contributed by atoms with van der Waals surface area (Å²) >= 11 is 0. The Hall–Kier alpha value is -0.780. The molecule has 0 radical (unpaired) electrons. The molecule has 0 heteroatoms. The molecule has 1 aromatic carbocycles. The second-order valence-corrected chi connectivity index (χ2v) is 5.86. The van der Waals surface area contributed by atoms with E-state index in [4.69, 9.17) is 0 Å². The van der Waals surface area contributed by atoms with Crippen LogP contribution in [0.25, 0.3) is 0 Å². The van der Waals surface area contributed by atoms with Gasteiger partial charge in [-0.2, -0.15) is 0 Å². The van der Waals surface area contributed by atoms with Gasteiger partial charge in [0.15, 0.2) is 0 Å². The third-order valence-corrected chi connectivity index (χ3v) is 4.10. The van der Waals surface area contributed by atoms with Gasteiger partial charge < -0.3 is 0 Å². The van der Waals surface area contributed by atoms with Gasteiger partial charge in [-0.25, -0.2) is 0 Å². The molecule has 1 unspecified atom stereocenters. The van der Waals surface area contributed by atoms with E-state index >= 15 is 0 Å². The molecule has 0 aliphatic carbocycles. The molecule has 0 spiro atoms. The maximum absolute atomic E-state index is 2.39. The van der Waals surface area contributed by atoms with E-state index in [1.807, 2.05) is 0 Å². The zero-order valence-electron chi connectivity index (χ0n) is 11.5. The number of benzene rings is 1. The van der Waals surface area contributed by atoms with Gasteiger partial charge in [-0.1, -0.05) is 65.0 Å². The van der Waals surface area contributed by atoms with Crippen LogP contribution >= 0.6 is 0 Å². The minimum atomic E-state index is 0.427. The molecular formula is C16H26. The average molecular weight is 218 g/mol. The van der Waals surface area contributed by atoms with Gasteiger partial charge in [-0.3, -0.25) is 0 Å². The van der Waals surface area contributed by atoms with E-state index in [-0.39, 0.29) is 0 Å². The van der Waals surface area contributed by atoms with Gasteiger partial charge in [-0.15, -0.1) is 0 Å². The molecule has 0 fully saturated rings. The molecule has 0 saturated heterocycles. The molecular weight excluding hydrogens is 192 g/mol. The van der Waals surface area contributed by atoms with Crippen molar-refractivity contribution in [3.8, 4) is 0 Å². The van der Waals surface area contributed by atoms with Crippen molar-refractivity contribution in [2.24, 2.45) is 11.3 Å². The third-order valence-electron chi connectivity index (χ3n) is 4.10. The Morgan fingerprint density at radius 3 is 2.06 bits per heavy atom. The first-order chi connectivity index (χ1) is 7.47. The third kappa shape index (κ3) is 3.37. The van der Waals surface area contributed by atoms with Crippen molar-refractivity contribution in [2.45, 2.75) is 53.4 Å². The molecule has 0 aromatic heterocycles. The van der Waals surface area contributed by atoms with Crippen molar-refractivity contribution in [1.82, 2.24) is 0 Å². The summed E-state index contributed by atoms with van der Waals surface area (Å²) in [5.41, 5.74) is 1.93. The van der Waals surface area contributed by atoms with Crippen molar-refractivity contribution < 1.29 is 0 Å². The molecule has 1 rings (SSSR count). The van der Waals surface area contributed by atoms with Crippen LogP contribution in [-0.2, 0) is 0 Å². The lowest BCUT2D eigenvalue weighted by molar-refractivity contribution is 0.209. The first-order valence-electron chi connectivity index (χ1n) is 6.52. The van der Waals surface area contributed by atoms with Gasteiger partial charge in [0.05, 0.1) is 0 Å². The number of rotatable bonds is 5. The molecule has 0 nitrogen and oxygen atoms in total. The molecule has 0 aliphatic rings. The molecule has 1 atom stereocenters. The topological polar surface area (TPSA) is 0 Å². The lowest BCUT2D eigenvalue weighted by Crippen LogP contribution is -2.22. The van der Waals surface area contributed by atoms with Crippen LogP contribution in [-0.4, -0.2) is 0 Å². The average Bonchev–Trinajstić information content (AvgIpc) is 2.27. The molecule has 0 amide bonds. The van der Waals surface area contributed by atoms with Crippen LogP contribution in [0.3, 0.4) is 0 Å². The highest BCUT2D eigenvalue weighted by atomic mass is 14.3. The second-order valence-electron chi connectivity index (χ2n) is 5.86. The summed E-state index contributed by atoms with van der Waals surface area (Å²) in [7, 11) is 0. The predicted molar refractivity (Wildman–Crippen MR) is 72.7 cm³/mol. The summed E-state index contributed by atoms with van der Waals surface area (Å²) < 4.78 is 0. The first kappa shape index (κ1) is 13.3. The van der Waals surface area contributed by atoms with Gasteiger partial charge in [-0.05, 0) is 35.7 Å². The largest absolute Gasteiger partial charge is 0.0648 e. The standard InChI is InChI=1S/C16H26/c1-6-14(12-16(4,5)13(2)3)15-10-8-7-9-11-15/h7-11,13-14H,6,12H2,1-5H3. The van der Waals surface area contributed by atoms with Crippen molar-refractivity contribution in [3.05, 3.63) is 35.9 Å². The van der Waals surface area contributed by atoms with E-state index in [9.17, 15) is 0 Å². The van der Waals surface area contributed by atoms with Crippen LogP contribution in [0, 0.1) is 11.3 Å². The van der Waals surface area contributed by atoms with Gasteiger partial charge >= 0.3 is 0 Å². The Morgan fingerprint density at radius 1 is 1.06 bits per heavy atom. The zero-order valence-corrected chi connectivity index (χ0v) is 11.5. The Morgan fingerprint density at radius 2 is 1.62 bits per heavy atom. The van der Waals surface area contributed by atoms with E-state index in [2.05, 4.69) is 65.0 Å². The Bertz CT molecular complexity index is 295. The Kier molecular flexibility index (Phi) is 4.58. The van der Waals surface area contributed by atoms with Crippen LogP contribution in [0.5, 0.6) is 0 Å². The quantitative estimate of drug-likeness (QED) is 0.633. The monoisotopic (exact) mass is 218 g/mol. The lowest BCUT2D eigenvalue weighted by atomic mass is 9.72. The predicted octanol–water partition coefficient (Wildman–Crippen LogP) is 5.25. The molecule has 0 heterocycles. The lowest BCUT2D eigenvalue weighted by Gasteiger charge is -2.33. The van der Waals surface area contributed by atoms with Gasteiger partial charge in [0.2, 0.25) is 0 Å². The van der Waals surface area contributed by atoms with Crippen LogP contribution in [0.2, 0.25) is 0 Å². The number of hydrogen-bond donors (Lipinski definition) is 0. The fraction of sp³-hybridized carbons (Fsp3) is 0.625. The highest BCUT2D eigenvalue weighted by molar-refractivity contribution is 5.19. The van der Waals surface area contributed by atoms with Crippen molar-refractivity contribution in [2.75, 3.05) is 0 Å². The van der Waals surface area contributed by atoms with Crippen molar-refractivity contribution in [3.63, 3.8) is 0 Å². The van der Waals surface area contributed by atoms with E-state index in [1.165, 1.54) is 18.4 Å². The minimum absolute atomic E-state index is 0.427. The minimum Gasteiger partial charge on any atom is -0.0648 e. The van der Waals surface area contributed by atoms with E-state index in [1.54, 1.807) is 0 Å². The van der Waals surface area contributed by atoms with Crippen LogP contribution in [0.1, 0.15) is 58.9 Å². The Balaban J connectivity index is 2.78. The highest BCUT2D eigenvalue weighted by Crippen LogP contribution is 2.38. The summed E-state index contributed by atoms with van der Waals surface area (Å²) in [6.07, 6.45) is 2.52. The molecule has 0 bridgehead atoms. The summed E-state index contributed by atoms with van der Waals surface area (Å²) in [5, 5.41) is 0. The second kappa shape index (κ2) is 5.52. The highest BCUT2D eigenvalue weighted by Gasteiger charge is 2.26. The maximum atomic E-state index is 2.39. The number of hydrogen-bond acceptors (Lipinski definition) is 0. The zero-order chi connectivity index (χ0) is 12.2. The van der Waals surface area contributed by atoms with Crippen LogP contribution in [0.4, 0.5) is 0 Å². The molecule has 1 aromatic rings. The van der Waals surface area contributed by atoms with Gasteiger partial charge in [0.1, 0.15) is 0 Å². The Labute approximate surface area is 101 Å². The molecule has 0 saturated carbocycles. The fourth-order valence-corrected chi connectivity index (χ4v) is 2.09.